The molecule has 0 bridgehead atoms. The van der Waals surface area contributed by atoms with Crippen LogP contribution in [-0.4, -0.2) is 18.3 Å². The van der Waals surface area contributed by atoms with Crippen LogP contribution in [0.15, 0.2) is 24.3 Å². The van der Waals surface area contributed by atoms with Gasteiger partial charge in [0.15, 0.2) is 0 Å². The highest BCUT2D eigenvalue weighted by Gasteiger charge is 2.15. The van der Waals surface area contributed by atoms with Gasteiger partial charge in [-0.25, -0.2) is 0 Å². The third-order valence-electron chi connectivity index (χ3n) is 4.26. The Kier molecular flexibility index (Phi) is 5.71. The fourth-order valence-corrected chi connectivity index (χ4v) is 3.04. The molecule has 0 amide bonds. The Balaban J connectivity index is 1.71. The predicted octanol–water partition coefficient (Wildman–Crippen LogP) is 3.96. The van der Waals surface area contributed by atoms with Crippen LogP contribution >= 0.6 is 0 Å². The van der Waals surface area contributed by atoms with Gasteiger partial charge in [0.05, 0.1) is 13.2 Å². The van der Waals surface area contributed by atoms with E-state index in [4.69, 9.17) is 4.74 Å². The molecule has 0 saturated heterocycles. The maximum Gasteiger partial charge on any atom is 0.118 e. The summed E-state index contributed by atoms with van der Waals surface area (Å²) in [4.78, 5) is 0. The van der Waals surface area contributed by atoms with Gasteiger partial charge in [-0.15, -0.1) is 0 Å². The zero-order valence-electron chi connectivity index (χ0n) is 12.0. The van der Waals surface area contributed by atoms with Gasteiger partial charge in [0, 0.05) is 0 Å². The van der Waals surface area contributed by atoms with E-state index in [1.807, 2.05) is 24.3 Å². The summed E-state index contributed by atoms with van der Waals surface area (Å²) in [5.74, 6) is 1.74. The van der Waals surface area contributed by atoms with E-state index in [0.717, 1.165) is 24.5 Å². The molecule has 0 radical (unpaired) electrons. The number of aliphatic hydroxyl groups excluding tert-OH is 1. The van der Waals surface area contributed by atoms with Crippen LogP contribution in [0, 0.1) is 5.92 Å². The summed E-state index contributed by atoms with van der Waals surface area (Å²) in [7, 11) is 1.67. The smallest absolute Gasteiger partial charge is 0.118 e. The van der Waals surface area contributed by atoms with Crippen molar-refractivity contribution >= 4 is 0 Å². The summed E-state index contributed by atoms with van der Waals surface area (Å²) in [5, 5.41) is 10.1. The highest BCUT2D eigenvalue weighted by atomic mass is 16.5. The molecule has 0 aromatic heterocycles. The lowest BCUT2D eigenvalue weighted by Gasteiger charge is -2.22. The molecule has 0 aliphatic heterocycles. The molecule has 0 spiro atoms. The van der Waals surface area contributed by atoms with E-state index in [1.54, 1.807) is 7.11 Å². The minimum Gasteiger partial charge on any atom is -0.497 e. The molecule has 1 aliphatic rings. The number of methoxy groups -OCH3 is 1. The molecule has 2 nitrogen and oxygen atoms in total. The molecule has 19 heavy (non-hydrogen) atoms. The van der Waals surface area contributed by atoms with E-state index in [-0.39, 0.29) is 6.10 Å². The van der Waals surface area contributed by atoms with Crippen LogP contribution < -0.4 is 4.74 Å². The van der Waals surface area contributed by atoms with Crippen molar-refractivity contribution in [2.45, 2.75) is 57.5 Å². The molecule has 2 heteroatoms. The summed E-state index contributed by atoms with van der Waals surface area (Å²) in [5.41, 5.74) is 1.19. The van der Waals surface area contributed by atoms with E-state index >= 15 is 0 Å². The lowest BCUT2D eigenvalue weighted by atomic mass is 9.85. The van der Waals surface area contributed by atoms with E-state index < -0.39 is 0 Å². The Bertz CT molecular complexity index is 352. The van der Waals surface area contributed by atoms with Gasteiger partial charge in [0.25, 0.3) is 0 Å². The van der Waals surface area contributed by atoms with Gasteiger partial charge in [0.1, 0.15) is 5.75 Å². The molecule has 1 N–H and O–H groups in total. The van der Waals surface area contributed by atoms with E-state index in [0.29, 0.717) is 0 Å². The Hall–Kier alpha value is -1.02. The molecule has 1 aliphatic carbocycles. The van der Waals surface area contributed by atoms with Gasteiger partial charge < -0.3 is 9.84 Å². The minimum atomic E-state index is -0.199. The summed E-state index contributed by atoms with van der Waals surface area (Å²) >= 11 is 0. The molecule has 1 atom stereocenters. The lowest BCUT2D eigenvalue weighted by molar-refractivity contribution is 0.149. The zero-order chi connectivity index (χ0) is 13.5. The third kappa shape index (κ3) is 4.87. The summed E-state index contributed by atoms with van der Waals surface area (Å²) in [6, 6.07) is 8.01. The highest BCUT2D eigenvalue weighted by molar-refractivity contribution is 5.27. The molecule has 1 aromatic carbocycles. The first-order valence-electron chi connectivity index (χ1n) is 7.59. The summed E-state index contributed by atoms with van der Waals surface area (Å²) in [6.45, 7) is 0. The van der Waals surface area contributed by atoms with Crippen molar-refractivity contribution < 1.29 is 9.84 Å². The van der Waals surface area contributed by atoms with Gasteiger partial charge in [-0.1, -0.05) is 44.2 Å². The highest BCUT2D eigenvalue weighted by Crippen LogP contribution is 2.28. The van der Waals surface area contributed by atoms with E-state index in [2.05, 4.69) is 0 Å². The molecule has 1 fully saturated rings. The first-order valence-corrected chi connectivity index (χ1v) is 7.59. The van der Waals surface area contributed by atoms with Crippen LogP contribution in [0.5, 0.6) is 5.75 Å². The van der Waals surface area contributed by atoms with Crippen molar-refractivity contribution in [3.63, 3.8) is 0 Å². The lowest BCUT2D eigenvalue weighted by Crippen LogP contribution is -2.14. The molecule has 106 valence electrons. The molecule has 2 rings (SSSR count). The monoisotopic (exact) mass is 262 g/mol. The second-order valence-corrected chi connectivity index (χ2v) is 5.79. The molecule has 1 saturated carbocycles. The SMILES string of the molecule is COc1ccc(CC(O)CCC2CCCCC2)cc1. The maximum atomic E-state index is 10.1. The first kappa shape index (κ1) is 14.4. The standard InChI is InChI=1S/C17H26O2/c1-19-17-11-8-15(9-12-17)13-16(18)10-7-14-5-3-2-4-6-14/h8-9,11-12,14,16,18H,2-7,10,13H2,1H3. The fourth-order valence-electron chi connectivity index (χ4n) is 3.04. The Morgan fingerprint density at radius 2 is 1.84 bits per heavy atom. The fraction of sp³-hybridized carbons (Fsp3) is 0.647. The quantitative estimate of drug-likeness (QED) is 0.841. The van der Waals surface area contributed by atoms with Crippen LogP contribution in [0.2, 0.25) is 0 Å². The van der Waals surface area contributed by atoms with Crippen molar-refractivity contribution in [3.8, 4) is 5.75 Å². The van der Waals surface area contributed by atoms with E-state index in [9.17, 15) is 5.11 Å². The number of benzene rings is 1. The van der Waals surface area contributed by atoms with Crippen molar-refractivity contribution in [1.29, 1.82) is 0 Å². The third-order valence-corrected chi connectivity index (χ3v) is 4.26. The van der Waals surface area contributed by atoms with Crippen LogP contribution in [-0.2, 0) is 6.42 Å². The maximum absolute atomic E-state index is 10.1. The van der Waals surface area contributed by atoms with Crippen molar-refractivity contribution in [2.75, 3.05) is 7.11 Å². The van der Waals surface area contributed by atoms with Gasteiger partial charge in [-0.05, 0) is 42.9 Å². The average molecular weight is 262 g/mol. The van der Waals surface area contributed by atoms with Crippen molar-refractivity contribution in [1.82, 2.24) is 0 Å². The van der Waals surface area contributed by atoms with Crippen LogP contribution in [0.3, 0.4) is 0 Å². The average Bonchev–Trinajstić information content (AvgIpc) is 2.47. The number of hydrogen-bond acceptors (Lipinski definition) is 2. The number of aliphatic hydroxyl groups is 1. The second kappa shape index (κ2) is 7.54. The molecule has 0 heterocycles. The second-order valence-electron chi connectivity index (χ2n) is 5.79. The normalized spacial score (nSPS) is 18.2. The minimum absolute atomic E-state index is 0.199. The zero-order valence-corrected chi connectivity index (χ0v) is 12.0. The number of ether oxygens (including phenoxy) is 1. The number of rotatable bonds is 6. The van der Waals surface area contributed by atoms with Gasteiger partial charge >= 0.3 is 0 Å². The first-order chi connectivity index (χ1) is 9.28. The Labute approximate surface area is 116 Å². The van der Waals surface area contributed by atoms with Gasteiger partial charge in [-0.3, -0.25) is 0 Å². The molecule has 1 unspecified atom stereocenters. The van der Waals surface area contributed by atoms with Crippen LogP contribution in [0.1, 0.15) is 50.5 Å². The largest absolute Gasteiger partial charge is 0.497 e. The van der Waals surface area contributed by atoms with Crippen molar-refractivity contribution in [3.05, 3.63) is 29.8 Å². The van der Waals surface area contributed by atoms with Gasteiger partial charge in [0.2, 0.25) is 0 Å². The summed E-state index contributed by atoms with van der Waals surface area (Å²) in [6.07, 6.45) is 9.62. The molecule has 1 aromatic rings. The van der Waals surface area contributed by atoms with Crippen LogP contribution in [0.4, 0.5) is 0 Å². The molecular formula is C17H26O2. The van der Waals surface area contributed by atoms with Gasteiger partial charge in [-0.2, -0.15) is 0 Å². The van der Waals surface area contributed by atoms with Crippen LogP contribution in [0.25, 0.3) is 0 Å². The van der Waals surface area contributed by atoms with Crippen molar-refractivity contribution in [2.24, 2.45) is 5.92 Å². The molecular weight excluding hydrogens is 236 g/mol. The number of hydrogen-bond donors (Lipinski definition) is 1. The Morgan fingerprint density at radius 3 is 2.47 bits per heavy atom. The predicted molar refractivity (Wildman–Crippen MR) is 78.5 cm³/mol. The van der Waals surface area contributed by atoms with E-state index in [1.165, 1.54) is 44.1 Å². The summed E-state index contributed by atoms with van der Waals surface area (Å²) < 4.78 is 5.14. The topological polar surface area (TPSA) is 29.5 Å². The Morgan fingerprint density at radius 1 is 1.16 bits per heavy atom.